The summed E-state index contributed by atoms with van der Waals surface area (Å²) in [5.74, 6) is -5.07. The van der Waals surface area contributed by atoms with Crippen molar-refractivity contribution >= 4 is 23.4 Å². The normalized spacial score (nSPS) is 30.0. The fourth-order valence-corrected chi connectivity index (χ4v) is 5.99. The molecule has 1 aromatic rings. The number of aryl methyl sites for hydroxylation is 1. The summed E-state index contributed by atoms with van der Waals surface area (Å²) < 4.78 is 0. The zero-order valence-corrected chi connectivity index (χ0v) is 20.1. The summed E-state index contributed by atoms with van der Waals surface area (Å²) in [5.41, 5.74) is 3.68. The summed E-state index contributed by atoms with van der Waals surface area (Å²) >= 11 is 0. The van der Waals surface area contributed by atoms with Gasteiger partial charge in [-0.05, 0) is 69.6 Å². The van der Waals surface area contributed by atoms with Crippen molar-refractivity contribution in [2.45, 2.75) is 70.1 Å². The number of carbonyl (C=O) groups is 4. The third-order valence-electron chi connectivity index (χ3n) is 7.53. The second kappa shape index (κ2) is 8.57. The summed E-state index contributed by atoms with van der Waals surface area (Å²) in [6, 6.07) is 3.09. The van der Waals surface area contributed by atoms with Gasteiger partial charge in [0.2, 0.25) is 11.7 Å². The second-order valence-corrected chi connectivity index (χ2v) is 11.0. The van der Waals surface area contributed by atoms with Gasteiger partial charge in [-0.3, -0.25) is 19.2 Å². The van der Waals surface area contributed by atoms with Crippen LogP contribution in [0.4, 0.5) is 0 Å². The number of phenols is 1. The molecule has 0 heterocycles. The SMILES string of the molecule is CC(C)(C)NC(=O)CCc1ccc(O)c2c1C[C@H]1C[C@H]3CC=C(C(N)=O)C(=O)[C@@]3(O)C(O)C1C2=O. The fraction of sp³-hybridized carbons (Fsp3) is 0.538. The summed E-state index contributed by atoms with van der Waals surface area (Å²) in [6.45, 7) is 5.66. The number of nitrogens with one attached hydrogen (secondary N) is 1. The number of rotatable bonds is 4. The molecule has 9 heteroatoms. The number of primary amides is 1. The number of aliphatic hydroxyl groups excluding tert-OH is 1. The van der Waals surface area contributed by atoms with Gasteiger partial charge < -0.3 is 26.4 Å². The first kappa shape index (κ1) is 25.1. The molecule has 2 unspecified atom stereocenters. The first-order chi connectivity index (χ1) is 16.3. The molecule has 1 fully saturated rings. The van der Waals surface area contributed by atoms with Gasteiger partial charge in [-0.1, -0.05) is 12.1 Å². The van der Waals surface area contributed by atoms with E-state index in [1.165, 1.54) is 12.1 Å². The lowest BCUT2D eigenvalue weighted by Crippen LogP contribution is -2.66. The molecule has 2 amide bonds. The number of aromatic hydroxyl groups is 1. The molecule has 0 spiro atoms. The minimum Gasteiger partial charge on any atom is -0.507 e. The third-order valence-corrected chi connectivity index (χ3v) is 7.53. The lowest BCUT2D eigenvalue weighted by Gasteiger charge is -2.52. The number of amides is 2. The molecular weight excluding hydrogens is 452 g/mol. The molecule has 0 radical (unpaired) electrons. The molecule has 3 aliphatic carbocycles. The minimum absolute atomic E-state index is 0.0509. The van der Waals surface area contributed by atoms with E-state index in [0.717, 1.165) is 5.56 Å². The average molecular weight is 485 g/mol. The highest BCUT2D eigenvalue weighted by Gasteiger charge is 2.62. The monoisotopic (exact) mass is 484 g/mol. The average Bonchev–Trinajstić information content (AvgIpc) is 2.74. The molecule has 1 saturated carbocycles. The minimum atomic E-state index is -2.30. The van der Waals surface area contributed by atoms with Crippen molar-refractivity contribution in [1.29, 1.82) is 0 Å². The number of phenolic OH excluding ortho intramolecular Hbond substituents is 1. The van der Waals surface area contributed by atoms with Crippen LogP contribution in [0.5, 0.6) is 5.75 Å². The Balaban J connectivity index is 1.66. The smallest absolute Gasteiger partial charge is 0.252 e. The largest absolute Gasteiger partial charge is 0.507 e. The van der Waals surface area contributed by atoms with E-state index in [1.54, 1.807) is 6.07 Å². The molecule has 4 rings (SSSR count). The molecule has 3 aliphatic rings. The number of nitrogens with two attached hydrogens (primary N) is 1. The number of hydrogen-bond acceptors (Lipinski definition) is 7. The van der Waals surface area contributed by atoms with E-state index in [1.807, 2.05) is 20.8 Å². The van der Waals surface area contributed by atoms with Crippen LogP contribution in [0.2, 0.25) is 0 Å². The quantitative estimate of drug-likeness (QED) is 0.392. The first-order valence-electron chi connectivity index (χ1n) is 11.9. The summed E-state index contributed by atoms with van der Waals surface area (Å²) in [5, 5.41) is 35.9. The number of benzene rings is 1. The van der Waals surface area contributed by atoms with Crippen molar-refractivity contribution in [3.63, 3.8) is 0 Å². The van der Waals surface area contributed by atoms with Gasteiger partial charge in [0.25, 0.3) is 5.91 Å². The Morgan fingerprint density at radius 3 is 2.54 bits per heavy atom. The number of allylic oxidation sites excluding steroid dienone is 1. The Morgan fingerprint density at radius 1 is 1.23 bits per heavy atom. The predicted octanol–water partition coefficient (Wildman–Crippen LogP) is 0.707. The fourth-order valence-electron chi connectivity index (χ4n) is 5.99. The van der Waals surface area contributed by atoms with E-state index in [2.05, 4.69) is 5.32 Å². The summed E-state index contributed by atoms with van der Waals surface area (Å²) in [6.07, 6.45) is 1.01. The van der Waals surface area contributed by atoms with Crippen LogP contribution in [0, 0.1) is 17.8 Å². The van der Waals surface area contributed by atoms with E-state index < -0.39 is 41.0 Å². The number of Topliss-reactive ketones (excluding diaryl/α,β-unsaturated/α-hetero) is 2. The molecule has 0 saturated heterocycles. The van der Waals surface area contributed by atoms with Gasteiger partial charge in [0, 0.05) is 17.9 Å². The number of aliphatic hydroxyl groups is 2. The molecule has 0 bridgehead atoms. The van der Waals surface area contributed by atoms with Crippen molar-refractivity contribution in [3.8, 4) is 5.75 Å². The van der Waals surface area contributed by atoms with Crippen molar-refractivity contribution in [3.05, 3.63) is 40.5 Å². The maximum atomic E-state index is 13.6. The summed E-state index contributed by atoms with van der Waals surface area (Å²) in [4.78, 5) is 50.5. The van der Waals surface area contributed by atoms with Gasteiger partial charge in [-0.2, -0.15) is 0 Å². The number of hydrogen-bond donors (Lipinski definition) is 5. The maximum absolute atomic E-state index is 13.6. The Morgan fingerprint density at radius 2 is 1.91 bits per heavy atom. The van der Waals surface area contributed by atoms with Gasteiger partial charge in [0.05, 0.1) is 17.1 Å². The van der Waals surface area contributed by atoms with Crippen LogP contribution >= 0.6 is 0 Å². The summed E-state index contributed by atoms with van der Waals surface area (Å²) in [7, 11) is 0. The first-order valence-corrected chi connectivity index (χ1v) is 11.9. The number of fused-ring (bicyclic) bond motifs is 3. The van der Waals surface area contributed by atoms with Gasteiger partial charge >= 0.3 is 0 Å². The Bertz CT molecular complexity index is 1150. The van der Waals surface area contributed by atoms with Crippen LogP contribution in [-0.4, -0.2) is 55.9 Å². The predicted molar refractivity (Wildman–Crippen MR) is 125 cm³/mol. The van der Waals surface area contributed by atoms with E-state index in [-0.39, 0.29) is 53.5 Å². The molecule has 35 heavy (non-hydrogen) atoms. The molecule has 5 atom stereocenters. The topological polar surface area (TPSA) is 167 Å². The second-order valence-electron chi connectivity index (χ2n) is 11.0. The standard InChI is InChI=1S/C26H32N2O7/c1-25(2,3)28-18(30)9-5-12-4-8-17(29)20-16(12)11-13-10-14-6-7-15(24(27)34)22(32)26(14,35)23(33)19(13)21(20)31/h4,7-8,13-14,19,23,29,33,35H,5-6,9-11H2,1-3H3,(H2,27,34)(H,28,30)/t13-,14-,19?,23?,26-/m1/s1. The molecule has 1 aromatic carbocycles. The van der Waals surface area contributed by atoms with Gasteiger partial charge in [-0.25, -0.2) is 0 Å². The van der Waals surface area contributed by atoms with Crippen LogP contribution < -0.4 is 11.1 Å². The third kappa shape index (κ3) is 4.16. The highest BCUT2D eigenvalue weighted by atomic mass is 16.4. The van der Waals surface area contributed by atoms with Crippen LogP contribution in [0.15, 0.2) is 23.8 Å². The van der Waals surface area contributed by atoms with Gasteiger partial charge in [0.15, 0.2) is 11.4 Å². The Hall–Kier alpha value is -3.04. The van der Waals surface area contributed by atoms with Crippen molar-refractivity contribution in [2.75, 3.05) is 0 Å². The van der Waals surface area contributed by atoms with Crippen molar-refractivity contribution in [2.24, 2.45) is 23.5 Å². The van der Waals surface area contributed by atoms with Crippen molar-refractivity contribution < 1.29 is 34.5 Å². The van der Waals surface area contributed by atoms with Crippen LogP contribution in [0.1, 0.15) is 61.5 Å². The van der Waals surface area contributed by atoms with E-state index in [4.69, 9.17) is 5.73 Å². The highest BCUT2D eigenvalue weighted by molar-refractivity contribution is 6.22. The zero-order valence-electron chi connectivity index (χ0n) is 20.1. The van der Waals surface area contributed by atoms with Gasteiger partial charge in [0.1, 0.15) is 11.9 Å². The molecule has 0 aliphatic heterocycles. The van der Waals surface area contributed by atoms with Gasteiger partial charge in [-0.15, -0.1) is 0 Å². The zero-order chi connectivity index (χ0) is 25.9. The Labute approximate surface area is 203 Å². The van der Waals surface area contributed by atoms with E-state index >= 15 is 0 Å². The molecule has 6 N–H and O–H groups in total. The molecule has 9 nitrogen and oxygen atoms in total. The maximum Gasteiger partial charge on any atom is 0.252 e. The van der Waals surface area contributed by atoms with E-state index in [9.17, 15) is 34.5 Å². The molecule has 188 valence electrons. The lowest BCUT2D eigenvalue weighted by atomic mass is 9.54. The molecular formula is C26H32N2O7. The lowest BCUT2D eigenvalue weighted by molar-refractivity contribution is -0.180. The Kier molecular flexibility index (Phi) is 6.13. The highest BCUT2D eigenvalue weighted by Crippen LogP contribution is 2.51. The molecule has 0 aromatic heterocycles. The van der Waals surface area contributed by atoms with E-state index in [0.29, 0.717) is 18.4 Å². The number of carbonyl (C=O) groups excluding carboxylic acids is 4. The van der Waals surface area contributed by atoms with Crippen molar-refractivity contribution in [1.82, 2.24) is 5.32 Å². The van der Waals surface area contributed by atoms with Crippen LogP contribution in [0.25, 0.3) is 0 Å². The number of ketones is 2. The van der Waals surface area contributed by atoms with Crippen LogP contribution in [-0.2, 0) is 27.2 Å². The van der Waals surface area contributed by atoms with Crippen LogP contribution in [0.3, 0.4) is 0 Å².